The van der Waals surface area contributed by atoms with E-state index in [0.29, 0.717) is 46.5 Å². The molecule has 8 nitrogen and oxygen atoms in total. The first-order chi connectivity index (χ1) is 17.5. The van der Waals surface area contributed by atoms with Gasteiger partial charge in [0, 0.05) is 18.0 Å². The van der Waals surface area contributed by atoms with Crippen LogP contribution in [0, 0.1) is 0 Å². The number of aromatic nitrogens is 2. The molecule has 5 rings (SSSR count). The molecule has 2 aromatic heterocycles. The lowest BCUT2D eigenvalue weighted by molar-refractivity contribution is -0.132. The number of aliphatic hydroxyl groups excluding tert-OH is 1. The maximum Gasteiger partial charge on any atom is 0.301 e. The Bertz CT molecular complexity index is 1460. The van der Waals surface area contributed by atoms with Crippen LogP contribution < -0.4 is 14.4 Å². The summed E-state index contributed by atoms with van der Waals surface area (Å²) >= 11 is 1.28. The number of hydrogen-bond donors (Lipinski definition) is 1. The fraction of sp³-hybridized carbons (Fsp3) is 0.185. The average Bonchev–Trinajstić information content (AvgIpc) is 3.43. The molecule has 0 spiro atoms. The highest BCUT2D eigenvalue weighted by atomic mass is 32.1. The van der Waals surface area contributed by atoms with E-state index in [9.17, 15) is 14.7 Å². The summed E-state index contributed by atoms with van der Waals surface area (Å²) in [6, 6.07) is 14.9. The van der Waals surface area contributed by atoms with Gasteiger partial charge in [0.1, 0.15) is 17.3 Å². The van der Waals surface area contributed by atoms with Crippen molar-refractivity contribution in [1.29, 1.82) is 0 Å². The second-order valence-corrected chi connectivity index (χ2v) is 8.98. The Morgan fingerprint density at radius 3 is 2.33 bits per heavy atom. The van der Waals surface area contributed by atoms with E-state index < -0.39 is 17.7 Å². The monoisotopic (exact) mass is 501 g/mol. The molecule has 36 heavy (non-hydrogen) atoms. The van der Waals surface area contributed by atoms with Crippen LogP contribution in [0.5, 0.6) is 11.5 Å². The highest BCUT2D eigenvalue weighted by molar-refractivity contribution is 7.22. The minimum atomic E-state index is -0.874. The number of benzene rings is 2. The molecule has 9 heteroatoms. The Balaban J connectivity index is 1.67. The van der Waals surface area contributed by atoms with E-state index in [4.69, 9.17) is 9.47 Å². The van der Waals surface area contributed by atoms with Crippen LogP contribution in [-0.2, 0) is 9.59 Å². The predicted molar refractivity (Wildman–Crippen MR) is 137 cm³/mol. The fourth-order valence-electron chi connectivity index (χ4n) is 4.18. The summed E-state index contributed by atoms with van der Waals surface area (Å²) in [7, 11) is 0. The van der Waals surface area contributed by atoms with Crippen molar-refractivity contribution in [3.8, 4) is 11.5 Å². The zero-order valence-electron chi connectivity index (χ0n) is 19.7. The number of nitrogens with zero attached hydrogens (tertiary/aromatic N) is 3. The molecule has 0 saturated carbocycles. The fourth-order valence-corrected chi connectivity index (χ4v) is 5.20. The van der Waals surface area contributed by atoms with E-state index in [2.05, 4.69) is 9.97 Å². The number of ether oxygens (including phenoxy) is 2. The lowest BCUT2D eigenvalue weighted by Crippen LogP contribution is -2.29. The Kier molecular flexibility index (Phi) is 6.39. The van der Waals surface area contributed by atoms with E-state index in [1.807, 2.05) is 32.0 Å². The molecule has 0 radical (unpaired) electrons. The van der Waals surface area contributed by atoms with Gasteiger partial charge in [0.2, 0.25) is 0 Å². The van der Waals surface area contributed by atoms with E-state index in [1.54, 1.807) is 36.4 Å². The van der Waals surface area contributed by atoms with Gasteiger partial charge < -0.3 is 14.6 Å². The van der Waals surface area contributed by atoms with Gasteiger partial charge in [0.15, 0.2) is 5.13 Å². The smallest absolute Gasteiger partial charge is 0.301 e. The van der Waals surface area contributed by atoms with Crippen LogP contribution in [0.2, 0.25) is 0 Å². The summed E-state index contributed by atoms with van der Waals surface area (Å²) < 4.78 is 12.0. The predicted octanol–water partition coefficient (Wildman–Crippen LogP) is 5.12. The number of fused-ring (bicyclic) bond motifs is 1. The van der Waals surface area contributed by atoms with Crippen molar-refractivity contribution in [2.24, 2.45) is 0 Å². The lowest BCUT2D eigenvalue weighted by Gasteiger charge is -2.23. The van der Waals surface area contributed by atoms with Crippen molar-refractivity contribution in [3.05, 3.63) is 83.7 Å². The van der Waals surface area contributed by atoms with Crippen molar-refractivity contribution in [3.63, 3.8) is 0 Å². The number of pyridine rings is 1. The highest BCUT2D eigenvalue weighted by Gasteiger charge is 2.48. The molecule has 3 heterocycles. The Morgan fingerprint density at radius 2 is 1.64 bits per heavy atom. The second-order valence-electron chi connectivity index (χ2n) is 7.97. The molecule has 182 valence electrons. The zero-order chi connectivity index (χ0) is 25.2. The van der Waals surface area contributed by atoms with Crippen molar-refractivity contribution in [2.75, 3.05) is 18.1 Å². The van der Waals surface area contributed by atoms with Gasteiger partial charge in [0.05, 0.1) is 35.0 Å². The molecule has 4 aromatic rings. The van der Waals surface area contributed by atoms with Crippen LogP contribution in [0.25, 0.3) is 16.0 Å². The van der Waals surface area contributed by atoms with Crippen LogP contribution in [0.3, 0.4) is 0 Å². The number of anilines is 1. The third kappa shape index (κ3) is 4.18. The van der Waals surface area contributed by atoms with Gasteiger partial charge in [-0.2, -0.15) is 0 Å². The standard InChI is InChI=1S/C27H23N3O5S/c1-3-34-18-7-5-16(6-8-18)23-22(24(31)17-11-13-28-14-12-17)25(32)26(33)30(23)27-29-20-10-9-19(35-4-2)15-21(20)36-27/h5-15,23,31H,3-4H2,1-2H3. The molecule has 1 N–H and O–H groups in total. The van der Waals surface area contributed by atoms with Gasteiger partial charge in [-0.25, -0.2) is 4.98 Å². The zero-order valence-corrected chi connectivity index (χ0v) is 20.5. The highest BCUT2D eigenvalue weighted by Crippen LogP contribution is 2.44. The molecule has 1 aliphatic rings. The first-order valence-electron chi connectivity index (χ1n) is 11.5. The van der Waals surface area contributed by atoms with Gasteiger partial charge >= 0.3 is 5.91 Å². The van der Waals surface area contributed by atoms with E-state index >= 15 is 0 Å². The number of aliphatic hydroxyl groups is 1. The molecular formula is C27H23N3O5S. The topological polar surface area (TPSA) is 102 Å². The van der Waals surface area contributed by atoms with Crippen molar-refractivity contribution < 1.29 is 24.2 Å². The van der Waals surface area contributed by atoms with Gasteiger partial charge in [-0.05, 0) is 61.9 Å². The Morgan fingerprint density at radius 1 is 0.972 bits per heavy atom. The maximum absolute atomic E-state index is 13.4. The number of Topliss-reactive ketones (excluding diaryl/α,β-unsaturated/α-hetero) is 1. The molecule has 1 unspecified atom stereocenters. The van der Waals surface area contributed by atoms with Crippen LogP contribution in [0.15, 0.2) is 72.6 Å². The Labute approximate surface area is 211 Å². The summed E-state index contributed by atoms with van der Waals surface area (Å²) in [5, 5.41) is 11.5. The van der Waals surface area contributed by atoms with Crippen molar-refractivity contribution >= 4 is 44.1 Å². The normalized spacial score (nSPS) is 17.1. The van der Waals surface area contributed by atoms with Gasteiger partial charge in [-0.3, -0.25) is 19.5 Å². The van der Waals surface area contributed by atoms with E-state index in [1.165, 1.54) is 28.6 Å². The van der Waals surface area contributed by atoms with E-state index in [0.717, 1.165) is 4.70 Å². The number of rotatable bonds is 7. The number of thiazole rings is 1. The summed E-state index contributed by atoms with van der Waals surface area (Å²) in [6.45, 7) is 4.83. The summed E-state index contributed by atoms with van der Waals surface area (Å²) in [6.07, 6.45) is 3.03. The molecular weight excluding hydrogens is 478 g/mol. The van der Waals surface area contributed by atoms with E-state index in [-0.39, 0.29) is 11.3 Å². The number of ketones is 1. The first kappa shape index (κ1) is 23.5. The average molecular weight is 502 g/mol. The van der Waals surface area contributed by atoms with Crippen LogP contribution in [-0.4, -0.2) is 40.0 Å². The molecule has 2 aromatic carbocycles. The molecule has 0 aliphatic carbocycles. The van der Waals surface area contributed by atoms with Crippen LogP contribution >= 0.6 is 11.3 Å². The van der Waals surface area contributed by atoms with Gasteiger partial charge in [-0.1, -0.05) is 23.5 Å². The SMILES string of the molecule is CCOc1ccc(C2C(=C(O)c3ccncc3)C(=O)C(=O)N2c2nc3ccc(OCC)cc3s2)cc1. The minimum Gasteiger partial charge on any atom is -0.507 e. The van der Waals surface area contributed by atoms with Gasteiger partial charge in [0.25, 0.3) is 5.78 Å². The number of hydrogen-bond acceptors (Lipinski definition) is 8. The molecule has 1 atom stereocenters. The number of carbonyl (C=O) groups is 2. The third-order valence-corrected chi connectivity index (χ3v) is 6.79. The second kappa shape index (κ2) is 9.79. The molecule has 1 fully saturated rings. The summed E-state index contributed by atoms with van der Waals surface area (Å²) in [5.74, 6) is -0.443. The van der Waals surface area contributed by atoms with Crippen LogP contribution in [0.1, 0.15) is 31.0 Å². The minimum absolute atomic E-state index is 0.00961. The molecule has 1 aliphatic heterocycles. The van der Waals surface area contributed by atoms with Crippen LogP contribution in [0.4, 0.5) is 5.13 Å². The number of carbonyl (C=O) groups excluding carboxylic acids is 2. The maximum atomic E-state index is 13.4. The Hall–Kier alpha value is -4.24. The molecule has 1 amide bonds. The largest absolute Gasteiger partial charge is 0.507 e. The number of amides is 1. The lowest BCUT2D eigenvalue weighted by atomic mass is 9.95. The first-order valence-corrected chi connectivity index (χ1v) is 12.3. The molecule has 0 bridgehead atoms. The summed E-state index contributed by atoms with van der Waals surface area (Å²) in [5.41, 5.74) is 1.71. The van der Waals surface area contributed by atoms with Crippen molar-refractivity contribution in [1.82, 2.24) is 9.97 Å². The van der Waals surface area contributed by atoms with Crippen molar-refractivity contribution in [2.45, 2.75) is 19.9 Å². The third-order valence-electron chi connectivity index (χ3n) is 5.77. The summed E-state index contributed by atoms with van der Waals surface area (Å²) in [4.78, 5) is 36.7. The van der Waals surface area contributed by atoms with Gasteiger partial charge in [-0.15, -0.1) is 0 Å². The molecule has 1 saturated heterocycles. The quantitative estimate of drug-likeness (QED) is 0.213.